The van der Waals surface area contributed by atoms with Crippen molar-refractivity contribution in [2.24, 2.45) is 4.99 Å². The van der Waals surface area contributed by atoms with E-state index in [2.05, 4.69) is 72.8 Å². The topological polar surface area (TPSA) is 26.5 Å². The van der Waals surface area contributed by atoms with Gasteiger partial charge in [0.1, 0.15) is 5.75 Å². The van der Waals surface area contributed by atoms with Crippen molar-refractivity contribution < 1.29 is 4.74 Å². The molecule has 0 unspecified atom stereocenters. The lowest BCUT2D eigenvalue weighted by atomic mass is 10.1. The number of hydrogen-bond donors (Lipinski definition) is 0. The first kappa shape index (κ1) is 16.1. The van der Waals surface area contributed by atoms with E-state index in [9.17, 15) is 0 Å². The van der Waals surface area contributed by atoms with Crippen LogP contribution in [-0.2, 0) is 0 Å². The maximum atomic E-state index is 5.24. The standard InChI is InChI=1S/C21H22N2O/c1-15-5-12-21(16(2)13-15)22-14-19-7-6-17(3)23(19)18-8-10-20(24-4)11-9-18/h5-14H,1-4H3. The molecular weight excluding hydrogens is 296 g/mol. The second-order valence-corrected chi connectivity index (χ2v) is 5.98. The van der Waals surface area contributed by atoms with Crippen molar-refractivity contribution in [2.45, 2.75) is 20.8 Å². The summed E-state index contributed by atoms with van der Waals surface area (Å²) in [5, 5.41) is 0. The third kappa shape index (κ3) is 3.25. The fraction of sp³-hybridized carbons (Fsp3) is 0.190. The Kier molecular flexibility index (Phi) is 4.52. The van der Waals surface area contributed by atoms with Crippen molar-refractivity contribution >= 4 is 11.9 Å². The van der Waals surface area contributed by atoms with E-state index in [0.29, 0.717) is 0 Å². The number of aromatic nitrogens is 1. The van der Waals surface area contributed by atoms with Crippen LogP contribution in [0.1, 0.15) is 22.5 Å². The summed E-state index contributed by atoms with van der Waals surface area (Å²) in [7, 11) is 1.68. The van der Waals surface area contributed by atoms with Crippen LogP contribution in [0.5, 0.6) is 5.75 Å². The van der Waals surface area contributed by atoms with Crippen molar-refractivity contribution in [1.82, 2.24) is 4.57 Å². The summed E-state index contributed by atoms with van der Waals surface area (Å²) in [5.41, 5.74) is 6.76. The van der Waals surface area contributed by atoms with Crippen molar-refractivity contribution in [2.75, 3.05) is 7.11 Å². The number of ether oxygens (including phenoxy) is 1. The summed E-state index contributed by atoms with van der Waals surface area (Å²) in [6, 6.07) is 18.6. The van der Waals surface area contributed by atoms with Crippen LogP contribution in [0.15, 0.2) is 59.6 Å². The fourth-order valence-corrected chi connectivity index (χ4v) is 2.83. The smallest absolute Gasteiger partial charge is 0.119 e. The molecule has 24 heavy (non-hydrogen) atoms. The molecule has 0 amide bonds. The number of hydrogen-bond acceptors (Lipinski definition) is 2. The average Bonchev–Trinajstić information content (AvgIpc) is 2.95. The van der Waals surface area contributed by atoms with E-state index in [1.165, 1.54) is 16.8 Å². The summed E-state index contributed by atoms with van der Waals surface area (Å²) in [6.07, 6.45) is 1.93. The van der Waals surface area contributed by atoms with Gasteiger partial charge < -0.3 is 9.30 Å². The normalized spacial score (nSPS) is 11.2. The van der Waals surface area contributed by atoms with Gasteiger partial charge >= 0.3 is 0 Å². The van der Waals surface area contributed by atoms with Crippen LogP contribution in [0.2, 0.25) is 0 Å². The number of nitrogens with zero attached hydrogens (tertiary/aromatic N) is 2. The van der Waals surface area contributed by atoms with Crippen molar-refractivity contribution in [3.8, 4) is 11.4 Å². The van der Waals surface area contributed by atoms with Gasteiger partial charge in [0, 0.05) is 11.4 Å². The average molecular weight is 318 g/mol. The number of rotatable bonds is 4. The molecule has 0 fully saturated rings. The molecule has 3 aromatic rings. The summed E-state index contributed by atoms with van der Waals surface area (Å²) in [6.45, 7) is 6.28. The van der Waals surface area contributed by atoms with E-state index in [-0.39, 0.29) is 0 Å². The molecule has 3 nitrogen and oxygen atoms in total. The lowest BCUT2D eigenvalue weighted by Crippen LogP contribution is -2.01. The Morgan fingerprint density at radius 3 is 2.33 bits per heavy atom. The largest absolute Gasteiger partial charge is 0.497 e. The van der Waals surface area contributed by atoms with Crippen molar-refractivity contribution in [3.05, 3.63) is 77.1 Å². The Morgan fingerprint density at radius 2 is 1.67 bits per heavy atom. The maximum absolute atomic E-state index is 5.24. The van der Waals surface area contributed by atoms with E-state index in [0.717, 1.165) is 22.8 Å². The molecule has 122 valence electrons. The van der Waals surface area contributed by atoms with Crippen LogP contribution in [0.25, 0.3) is 5.69 Å². The molecule has 0 saturated heterocycles. The van der Waals surface area contributed by atoms with E-state index < -0.39 is 0 Å². The predicted molar refractivity (Wildman–Crippen MR) is 100 cm³/mol. The van der Waals surface area contributed by atoms with Crippen molar-refractivity contribution in [3.63, 3.8) is 0 Å². The van der Waals surface area contributed by atoms with Crippen LogP contribution in [0.3, 0.4) is 0 Å². The zero-order valence-corrected chi connectivity index (χ0v) is 14.6. The first-order chi connectivity index (χ1) is 11.6. The Hall–Kier alpha value is -2.81. The summed E-state index contributed by atoms with van der Waals surface area (Å²) in [5.74, 6) is 0.856. The van der Waals surface area contributed by atoms with Gasteiger partial charge in [0.2, 0.25) is 0 Å². The van der Waals surface area contributed by atoms with Crippen LogP contribution in [0.4, 0.5) is 5.69 Å². The monoisotopic (exact) mass is 318 g/mol. The molecule has 0 aliphatic carbocycles. The number of benzene rings is 2. The lowest BCUT2D eigenvalue weighted by molar-refractivity contribution is 0.414. The van der Waals surface area contributed by atoms with E-state index in [1.807, 2.05) is 18.3 Å². The zero-order valence-electron chi connectivity index (χ0n) is 14.6. The molecule has 0 saturated carbocycles. The van der Waals surface area contributed by atoms with Gasteiger partial charge in [-0.2, -0.15) is 0 Å². The minimum absolute atomic E-state index is 0.856. The Balaban J connectivity index is 1.96. The molecule has 1 aromatic heterocycles. The van der Waals surface area contributed by atoms with E-state index in [4.69, 9.17) is 4.74 Å². The van der Waals surface area contributed by atoms with Crippen LogP contribution >= 0.6 is 0 Å². The number of aliphatic imine (C=N–C) groups is 1. The molecule has 0 spiro atoms. The second kappa shape index (κ2) is 6.75. The summed E-state index contributed by atoms with van der Waals surface area (Å²) >= 11 is 0. The minimum Gasteiger partial charge on any atom is -0.497 e. The third-order valence-electron chi connectivity index (χ3n) is 4.13. The molecule has 0 N–H and O–H groups in total. The molecule has 2 aromatic carbocycles. The first-order valence-electron chi connectivity index (χ1n) is 8.02. The highest BCUT2D eigenvalue weighted by atomic mass is 16.5. The lowest BCUT2D eigenvalue weighted by Gasteiger charge is -2.10. The Labute approximate surface area is 143 Å². The van der Waals surface area contributed by atoms with Gasteiger partial charge in [0.15, 0.2) is 0 Å². The Bertz CT molecular complexity index is 873. The van der Waals surface area contributed by atoms with Gasteiger partial charge in [-0.15, -0.1) is 0 Å². The van der Waals surface area contributed by atoms with Gasteiger partial charge in [0.25, 0.3) is 0 Å². The summed E-state index contributed by atoms with van der Waals surface area (Å²) < 4.78 is 7.43. The molecule has 1 heterocycles. The van der Waals surface area contributed by atoms with Crippen LogP contribution < -0.4 is 4.74 Å². The van der Waals surface area contributed by atoms with E-state index >= 15 is 0 Å². The summed E-state index contributed by atoms with van der Waals surface area (Å²) in [4.78, 5) is 4.68. The highest BCUT2D eigenvalue weighted by molar-refractivity contribution is 5.82. The minimum atomic E-state index is 0.856. The second-order valence-electron chi connectivity index (χ2n) is 5.98. The van der Waals surface area contributed by atoms with Crippen molar-refractivity contribution in [1.29, 1.82) is 0 Å². The maximum Gasteiger partial charge on any atom is 0.119 e. The predicted octanol–water partition coefficient (Wildman–Crippen LogP) is 5.16. The van der Waals surface area contributed by atoms with Gasteiger partial charge in [-0.1, -0.05) is 17.7 Å². The fourth-order valence-electron chi connectivity index (χ4n) is 2.83. The molecule has 0 radical (unpaired) electrons. The first-order valence-corrected chi connectivity index (χ1v) is 8.02. The molecule has 3 rings (SSSR count). The molecule has 0 bridgehead atoms. The van der Waals surface area contributed by atoms with Crippen LogP contribution in [-0.4, -0.2) is 17.9 Å². The van der Waals surface area contributed by atoms with Gasteiger partial charge in [0.05, 0.1) is 24.7 Å². The quantitative estimate of drug-likeness (QED) is 0.610. The molecule has 0 atom stereocenters. The molecule has 3 heteroatoms. The van der Waals surface area contributed by atoms with E-state index in [1.54, 1.807) is 7.11 Å². The van der Waals surface area contributed by atoms with Gasteiger partial charge in [-0.05, 0) is 68.8 Å². The Morgan fingerprint density at radius 1 is 0.917 bits per heavy atom. The van der Waals surface area contributed by atoms with Crippen LogP contribution in [0, 0.1) is 20.8 Å². The van der Waals surface area contributed by atoms with Gasteiger partial charge in [-0.25, -0.2) is 0 Å². The zero-order chi connectivity index (χ0) is 17.1. The molecule has 0 aliphatic heterocycles. The highest BCUT2D eigenvalue weighted by Crippen LogP contribution is 2.22. The molecule has 0 aliphatic rings. The highest BCUT2D eigenvalue weighted by Gasteiger charge is 2.06. The SMILES string of the molecule is COc1ccc(-n2c(C)ccc2C=Nc2ccc(C)cc2C)cc1. The number of methoxy groups -OCH3 is 1. The third-order valence-corrected chi connectivity index (χ3v) is 4.13. The number of aryl methyl sites for hydroxylation is 3. The van der Waals surface area contributed by atoms with Gasteiger partial charge in [-0.3, -0.25) is 4.99 Å². The molecular formula is C21H22N2O.